The van der Waals surface area contributed by atoms with Crippen molar-refractivity contribution in [3.05, 3.63) is 0 Å². The van der Waals surface area contributed by atoms with Crippen molar-refractivity contribution in [2.24, 2.45) is 17.8 Å². The molecule has 62 heavy (non-hydrogen) atoms. The summed E-state index contributed by atoms with van der Waals surface area (Å²) in [7, 11) is 11.0. The normalized spacial score (nSPS) is 43.5. The first kappa shape index (κ1) is 54.8. The van der Waals surface area contributed by atoms with Crippen molar-refractivity contribution in [2.45, 2.75) is 192 Å². The first-order valence-corrected chi connectivity index (χ1v) is 22.8. The van der Waals surface area contributed by atoms with Crippen LogP contribution >= 0.6 is 0 Å². The number of aliphatic hydroxyl groups excluding tert-OH is 2. The lowest BCUT2D eigenvalue weighted by Crippen LogP contribution is -2.61. The summed E-state index contributed by atoms with van der Waals surface area (Å²) in [5.41, 5.74) is -4.42. The van der Waals surface area contributed by atoms with Gasteiger partial charge >= 0.3 is 5.97 Å². The number of esters is 1. The number of nitrogens with one attached hydrogen (secondary N) is 1. The molecule has 0 unspecified atom stereocenters. The zero-order valence-electron chi connectivity index (χ0n) is 40.8. The highest BCUT2D eigenvalue weighted by Gasteiger charge is 2.53. The Bertz CT molecular complexity index is 1390. The number of hydrogen-bond acceptors (Lipinski definition) is 16. The molecule has 3 aliphatic rings. The number of ether oxygens (including phenoxy) is 7. The second-order valence-corrected chi connectivity index (χ2v) is 20.0. The lowest BCUT2D eigenvalue weighted by atomic mass is 9.77. The van der Waals surface area contributed by atoms with Crippen molar-refractivity contribution in [1.29, 1.82) is 0 Å². The zero-order chi connectivity index (χ0) is 47.1. The number of carbonyl (C=O) groups excluding carboxylic acids is 2. The molecule has 0 spiro atoms. The van der Waals surface area contributed by atoms with Gasteiger partial charge in [0.2, 0.25) is 5.91 Å². The number of likely N-dealkylation sites (N-methyl/N-ethyl adjacent to an activating group) is 3. The van der Waals surface area contributed by atoms with Crippen molar-refractivity contribution in [3.8, 4) is 0 Å². The van der Waals surface area contributed by atoms with E-state index in [9.17, 15) is 30.0 Å². The monoisotopic (exact) mass is 891 g/mol. The van der Waals surface area contributed by atoms with E-state index >= 15 is 0 Å². The highest BCUT2D eigenvalue weighted by molar-refractivity contribution is 5.77. The van der Waals surface area contributed by atoms with Crippen LogP contribution in [0.3, 0.4) is 0 Å². The largest absolute Gasteiger partial charge is 0.459 e. The lowest BCUT2D eigenvalue weighted by molar-refractivity contribution is -0.321. The van der Waals surface area contributed by atoms with Crippen LogP contribution in [0.4, 0.5) is 0 Å². The summed E-state index contributed by atoms with van der Waals surface area (Å²) in [5, 5.41) is 50.3. The standard InChI is InChI=1S/C45H86N4O13/c1-17-33-45(10,55)38(51)30(6)49(15)24-26(2)22-43(8,54)40(28(4)36(29(5)41(53)60-33)61-35-23-44(9,56-16)39(52)31(7)59-35)62-42-37(32(48(13)14)21-27(3)58-42)57-20-18-19-46-34(50)25-47(11)12/h26-33,35-40,42,51-52,54-55H,17-25H2,1-16H3,(H,46,50)/t26-,27-,28+,29-,30-,31+,32+,33-,35+,36+,37-,38-,39+,40-,42+,43-,44-,45-/m1/s1. The fourth-order valence-electron chi connectivity index (χ4n) is 9.77. The van der Waals surface area contributed by atoms with E-state index in [1.54, 1.807) is 39.5 Å². The molecule has 1 amide bonds. The van der Waals surface area contributed by atoms with Gasteiger partial charge in [0.1, 0.15) is 30.0 Å². The molecular weight excluding hydrogens is 805 g/mol. The Morgan fingerprint density at radius 1 is 0.952 bits per heavy atom. The molecule has 0 radical (unpaired) electrons. The van der Waals surface area contributed by atoms with Gasteiger partial charge in [0, 0.05) is 51.2 Å². The van der Waals surface area contributed by atoms with Crippen molar-refractivity contribution in [2.75, 3.05) is 68.6 Å². The molecule has 17 heteroatoms. The van der Waals surface area contributed by atoms with Crippen LogP contribution < -0.4 is 5.32 Å². The summed E-state index contributed by atoms with van der Waals surface area (Å²) >= 11 is 0. The SMILES string of the molecule is CC[C@H]1OC(=O)[C@H](C)[C@@H](O[C@H]2C[C@@](C)(OC)[C@@H](O)[C@H](C)O2)[C@H](C)[C@@H](O[C@@H]2O[C@H](C)C[C@H](N(C)C)[C@H]2OCCCNC(=O)CN(C)C)[C@](C)(O)C[C@@H](C)CN(C)[C@H](C)[C@@H](O)[C@]1(C)O. The van der Waals surface area contributed by atoms with Gasteiger partial charge in [0.15, 0.2) is 12.6 Å². The molecule has 17 nitrogen and oxygen atoms in total. The van der Waals surface area contributed by atoms with Gasteiger partial charge in [-0.15, -0.1) is 0 Å². The van der Waals surface area contributed by atoms with E-state index in [2.05, 4.69) is 10.2 Å². The Kier molecular flexibility index (Phi) is 20.5. The quantitative estimate of drug-likeness (QED) is 0.125. The third-order valence-corrected chi connectivity index (χ3v) is 13.6. The van der Waals surface area contributed by atoms with Gasteiger partial charge in [0.25, 0.3) is 0 Å². The molecule has 364 valence electrons. The first-order valence-electron chi connectivity index (χ1n) is 22.8. The minimum absolute atomic E-state index is 0.0782. The number of rotatable bonds is 14. The maximum atomic E-state index is 14.5. The third-order valence-electron chi connectivity index (χ3n) is 13.6. The van der Waals surface area contributed by atoms with Gasteiger partial charge in [-0.2, -0.15) is 0 Å². The Balaban J connectivity index is 2.15. The van der Waals surface area contributed by atoms with Crippen LogP contribution in [0, 0.1) is 17.8 Å². The van der Waals surface area contributed by atoms with Gasteiger partial charge < -0.3 is 73.6 Å². The molecule has 3 fully saturated rings. The fraction of sp³-hybridized carbons (Fsp3) is 0.956. The summed E-state index contributed by atoms with van der Waals surface area (Å²) in [4.78, 5) is 32.6. The van der Waals surface area contributed by atoms with Crippen molar-refractivity contribution in [1.82, 2.24) is 20.0 Å². The second-order valence-electron chi connectivity index (χ2n) is 20.0. The highest BCUT2D eigenvalue weighted by atomic mass is 16.7. The maximum Gasteiger partial charge on any atom is 0.311 e. The summed E-state index contributed by atoms with van der Waals surface area (Å²) in [6.07, 6.45) is -7.07. The predicted octanol–water partition coefficient (Wildman–Crippen LogP) is 1.99. The molecule has 0 aromatic carbocycles. The third kappa shape index (κ3) is 14.0. The molecule has 0 bridgehead atoms. The lowest BCUT2D eigenvalue weighted by Gasteiger charge is -2.49. The van der Waals surface area contributed by atoms with Crippen molar-refractivity contribution >= 4 is 11.9 Å². The van der Waals surface area contributed by atoms with Gasteiger partial charge in [-0.25, -0.2) is 0 Å². The van der Waals surface area contributed by atoms with E-state index < -0.39 is 96.0 Å². The van der Waals surface area contributed by atoms with Crippen LogP contribution in [0.25, 0.3) is 0 Å². The number of nitrogens with zero attached hydrogens (tertiary/aromatic N) is 3. The summed E-state index contributed by atoms with van der Waals surface area (Å²) in [6, 6.07) is -0.685. The van der Waals surface area contributed by atoms with Crippen LogP contribution in [0.5, 0.6) is 0 Å². The molecule has 3 saturated heterocycles. The summed E-state index contributed by atoms with van der Waals surface area (Å²) in [6.45, 7) is 19.3. The molecule has 0 aromatic rings. The van der Waals surface area contributed by atoms with Gasteiger partial charge in [-0.3, -0.25) is 9.59 Å². The molecule has 18 atom stereocenters. The molecule has 3 rings (SSSR count). The maximum absolute atomic E-state index is 14.5. The van der Waals surface area contributed by atoms with E-state index in [4.69, 9.17) is 33.2 Å². The van der Waals surface area contributed by atoms with Crippen LogP contribution in [-0.4, -0.2) is 206 Å². The fourth-order valence-corrected chi connectivity index (χ4v) is 9.77. The number of hydrogen-bond donors (Lipinski definition) is 5. The van der Waals surface area contributed by atoms with Crippen LogP contribution in [0.2, 0.25) is 0 Å². The van der Waals surface area contributed by atoms with Gasteiger partial charge in [-0.1, -0.05) is 20.8 Å². The number of cyclic esters (lactones) is 1. The number of aliphatic hydroxyl groups is 4. The van der Waals surface area contributed by atoms with Gasteiger partial charge in [-0.05, 0) is 115 Å². The topological polar surface area (TPSA) is 201 Å². The molecule has 0 aliphatic carbocycles. The van der Waals surface area contributed by atoms with Gasteiger partial charge in [0.05, 0.1) is 48.1 Å². The first-order chi connectivity index (χ1) is 28.7. The zero-order valence-corrected chi connectivity index (χ0v) is 40.8. The molecular formula is C45H86N4O13. The summed E-state index contributed by atoms with van der Waals surface area (Å²) in [5.74, 6) is -2.69. The number of methoxy groups -OCH3 is 1. The van der Waals surface area contributed by atoms with Crippen LogP contribution in [-0.2, 0) is 42.7 Å². The Morgan fingerprint density at radius 2 is 1.60 bits per heavy atom. The van der Waals surface area contributed by atoms with E-state index in [-0.39, 0.29) is 49.8 Å². The Morgan fingerprint density at radius 3 is 2.18 bits per heavy atom. The Hall–Kier alpha value is -1.58. The molecule has 3 aliphatic heterocycles. The predicted molar refractivity (Wildman–Crippen MR) is 234 cm³/mol. The number of amides is 1. The minimum atomic E-state index is -1.82. The van der Waals surface area contributed by atoms with E-state index in [1.165, 1.54) is 14.0 Å². The van der Waals surface area contributed by atoms with E-state index in [0.717, 1.165) is 0 Å². The highest BCUT2D eigenvalue weighted by Crippen LogP contribution is 2.40. The van der Waals surface area contributed by atoms with Crippen LogP contribution in [0.1, 0.15) is 101 Å². The average molecular weight is 891 g/mol. The Labute approximate surface area is 372 Å². The molecule has 0 saturated carbocycles. The smallest absolute Gasteiger partial charge is 0.311 e. The van der Waals surface area contributed by atoms with Crippen molar-refractivity contribution in [3.63, 3.8) is 0 Å². The molecule has 0 aromatic heterocycles. The van der Waals surface area contributed by atoms with E-state index in [1.807, 2.05) is 67.8 Å². The van der Waals surface area contributed by atoms with Crippen molar-refractivity contribution < 1.29 is 63.2 Å². The second kappa shape index (κ2) is 23.2. The number of carbonyl (C=O) groups is 2. The average Bonchev–Trinajstić information content (AvgIpc) is 3.17. The molecule has 3 heterocycles. The minimum Gasteiger partial charge on any atom is -0.459 e. The van der Waals surface area contributed by atoms with E-state index in [0.29, 0.717) is 32.5 Å². The summed E-state index contributed by atoms with van der Waals surface area (Å²) < 4.78 is 45.3. The molecule has 5 N–H and O–H groups in total. The van der Waals surface area contributed by atoms with Crippen LogP contribution in [0.15, 0.2) is 0 Å².